The molecule has 27 heavy (non-hydrogen) atoms. The second-order valence-corrected chi connectivity index (χ2v) is 8.50. The van der Waals surface area contributed by atoms with Crippen LogP contribution < -0.4 is 10.6 Å². The molecule has 4 aromatic rings. The predicted octanol–water partition coefficient (Wildman–Crippen LogP) is 6.32. The van der Waals surface area contributed by atoms with Crippen molar-refractivity contribution in [3.05, 3.63) is 132 Å². The van der Waals surface area contributed by atoms with Crippen LogP contribution in [0.4, 0.5) is 0 Å². The summed E-state index contributed by atoms with van der Waals surface area (Å²) < 4.78 is 0. The first-order chi connectivity index (χ1) is 13.4. The van der Waals surface area contributed by atoms with E-state index < -0.39 is 7.92 Å². The van der Waals surface area contributed by atoms with Gasteiger partial charge in [0.25, 0.3) is 0 Å². The molecule has 4 aromatic carbocycles. The Morgan fingerprint density at radius 2 is 0.889 bits per heavy atom. The molecule has 0 unspecified atom stereocenters. The van der Waals surface area contributed by atoms with Gasteiger partial charge in [-0.3, -0.25) is 0 Å². The average Bonchev–Trinajstić information content (AvgIpc) is 2.76. The normalized spacial score (nSPS) is 11.5. The molecule has 0 saturated carbocycles. The van der Waals surface area contributed by atoms with E-state index >= 15 is 0 Å². The number of hydrogen-bond acceptors (Lipinski definition) is 0. The lowest BCUT2D eigenvalue weighted by atomic mass is 10.1. The van der Waals surface area contributed by atoms with Gasteiger partial charge >= 0.3 is 0 Å². The molecule has 0 atom stereocenters. The monoisotopic (exact) mass is 364 g/mol. The zero-order valence-electron chi connectivity index (χ0n) is 15.1. The lowest BCUT2D eigenvalue weighted by Crippen LogP contribution is -2.12. The van der Waals surface area contributed by atoms with Crippen LogP contribution in [0, 0.1) is 0 Å². The lowest BCUT2D eigenvalue weighted by molar-refractivity contribution is 1.63. The Bertz CT molecular complexity index is 952. The molecule has 0 radical (unpaired) electrons. The Morgan fingerprint density at radius 1 is 0.481 bits per heavy atom. The van der Waals surface area contributed by atoms with Crippen LogP contribution >= 0.6 is 7.92 Å². The van der Waals surface area contributed by atoms with E-state index in [0.717, 1.165) is 0 Å². The second-order valence-electron chi connectivity index (χ2n) is 6.31. The van der Waals surface area contributed by atoms with Gasteiger partial charge in [-0.05, 0) is 41.0 Å². The van der Waals surface area contributed by atoms with Gasteiger partial charge in [-0.1, -0.05) is 121 Å². The number of rotatable bonds is 5. The van der Waals surface area contributed by atoms with Crippen LogP contribution in [0.15, 0.2) is 121 Å². The largest absolute Gasteiger partial charge is 0.0622 e. The van der Waals surface area contributed by atoms with E-state index in [1.54, 1.807) is 0 Å². The highest BCUT2D eigenvalue weighted by atomic mass is 31.1. The summed E-state index contributed by atoms with van der Waals surface area (Å²) in [5.41, 5.74) is 2.51. The Kier molecular flexibility index (Phi) is 5.58. The molecule has 0 amide bonds. The highest BCUT2D eigenvalue weighted by molar-refractivity contribution is 7.82. The van der Waals surface area contributed by atoms with E-state index in [9.17, 15) is 0 Å². The standard InChI is InChI=1S/C26H21P/c1-5-13-22(14-6-1)21-26(23-15-7-2-8-16-23)27(24-17-9-3-10-18-24)25-19-11-4-12-20-25/h1-21H. The number of hydrogen-bond donors (Lipinski definition) is 0. The van der Waals surface area contributed by atoms with Gasteiger partial charge in [0.05, 0.1) is 0 Å². The summed E-state index contributed by atoms with van der Waals surface area (Å²) >= 11 is 0. The third kappa shape index (κ3) is 4.25. The summed E-state index contributed by atoms with van der Waals surface area (Å²) in [7, 11) is -0.653. The van der Waals surface area contributed by atoms with Gasteiger partial charge in [0.15, 0.2) is 0 Å². The second kappa shape index (κ2) is 8.62. The van der Waals surface area contributed by atoms with Crippen molar-refractivity contribution in [2.24, 2.45) is 0 Å². The maximum atomic E-state index is 2.35. The minimum atomic E-state index is -0.653. The summed E-state index contributed by atoms with van der Waals surface area (Å²) in [6, 6.07) is 43.1. The Morgan fingerprint density at radius 3 is 1.37 bits per heavy atom. The molecule has 0 fully saturated rings. The zero-order valence-corrected chi connectivity index (χ0v) is 16.0. The van der Waals surface area contributed by atoms with Gasteiger partial charge in [-0.15, -0.1) is 0 Å². The minimum Gasteiger partial charge on any atom is -0.0622 e. The Balaban J connectivity index is 1.93. The molecule has 4 rings (SSSR count). The minimum absolute atomic E-state index is 0.653. The highest BCUT2D eigenvalue weighted by Gasteiger charge is 2.20. The third-order valence-electron chi connectivity index (χ3n) is 4.44. The quantitative estimate of drug-likeness (QED) is 0.287. The molecule has 0 spiro atoms. The van der Waals surface area contributed by atoms with Crippen molar-refractivity contribution in [2.45, 2.75) is 0 Å². The lowest BCUT2D eigenvalue weighted by Gasteiger charge is -2.23. The van der Waals surface area contributed by atoms with Gasteiger partial charge in [0.2, 0.25) is 0 Å². The smallest absolute Gasteiger partial charge is 0.00727 e. The van der Waals surface area contributed by atoms with Gasteiger partial charge in [-0.2, -0.15) is 0 Å². The van der Waals surface area contributed by atoms with E-state index in [0.29, 0.717) is 0 Å². The molecule has 0 aliphatic carbocycles. The van der Waals surface area contributed by atoms with Crippen LogP contribution in [0.1, 0.15) is 11.1 Å². The van der Waals surface area contributed by atoms with Crippen LogP contribution in [-0.4, -0.2) is 0 Å². The van der Waals surface area contributed by atoms with Crippen molar-refractivity contribution >= 4 is 29.9 Å². The first kappa shape index (κ1) is 17.5. The van der Waals surface area contributed by atoms with Gasteiger partial charge in [0.1, 0.15) is 0 Å². The number of benzene rings is 4. The van der Waals surface area contributed by atoms with Crippen molar-refractivity contribution < 1.29 is 0 Å². The SMILES string of the molecule is C(=C(c1ccccc1)P(c1ccccc1)c1ccccc1)c1ccccc1. The molecule has 1 heteroatoms. The van der Waals surface area contributed by atoms with E-state index in [1.165, 1.54) is 27.1 Å². The molecular weight excluding hydrogens is 343 g/mol. The van der Waals surface area contributed by atoms with Crippen LogP contribution in [0.25, 0.3) is 11.4 Å². The van der Waals surface area contributed by atoms with E-state index in [-0.39, 0.29) is 0 Å². The topological polar surface area (TPSA) is 0 Å². The Hall–Kier alpha value is -2.95. The van der Waals surface area contributed by atoms with E-state index in [4.69, 9.17) is 0 Å². The molecule has 0 aliphatic rings. The van der Waals surface area contributed by atoms with Crippen LogP contribution in [0.2, 0.25) is 0 Å². The van der Waals surface area contributed by atoms with Crippen molar-refractivity contribution in [1.82, 2.24) is 0 Å². The molecule has 0 saturated heterocycles. The summed E-state index contributed by atoms with van der Waals surface area (Å²) in [6.07, 6.45) is 2.35. The van der Waals surface area contributed by atoms with E-state index in [2.05, 4.69) is 127 Å². The summed E-state index contributed by atoms with van der Waals surface area (Å²) in [5, 5.41) is 4.10. The molecule has 0 aromatic heterocycles. The van der Waals surface area contributed by atoms with Crippen molar-refractivity contribution in [3.8, 4) is 0 Å². The zero-order chi connectivity index (χ0) is 18.3. The molecular formula is C26H21P. The molecule has 130 valence electrons. The van der Waals surface area contributed by atoms with Crippen LogP contribution in [0.5, 0.6) is 0 Å². The van der Waals surface area contributed by atoms with Crippen molar-refractivity contribution in [3.63, 3.8) is 0 Å². The maximum Gasteiger partial charge on any atom is -0.00727 e. The molecule has 0 heterocycles. The maximum absolute atomic E-state index is 2.35. The van der Waals surface area contributed by atoms with Gasteiger partial charge in [0, 0.05) is 0 Å². The molecule has 0 aliphatic heterocycles. The van der Waals surface area contributed by atoms with E-state index in [1.807, 2.05) is 0 Å². The first-order valence-corrected chi connectivity index (χ1v) is 10.5. The molecule has 0 N–H and O–H groups in total. The van der Waals surface area contributed by atoms with Crippen molar-refractivity contribution in [1.29, 1.82) is 0 Å². The molecule has 0 nitrogen and oxygen atoms in total. The first-order valence-electron chi connectivity index (χ1n) is 9.14. The van der Waals surface area contributed by atoms with Crippen LogP contribution in [-0.2, 0) is 0 Å². The molecule has 0 bridgehead atoms. The van der Waals surface area contributed by atoms with Crippen molar-refractivity contribution in [2.75, 3.05) is 0 Å². The fraction of sp³-hybridized carbons (Fsp3) is 0. The summed E-state index contributed by atoms with van der Waals surface area (Å²) in [5.74, 6) is 0. The van der Waals surface area contributed by atoms with Gasteiger partial charge < -0.3 is 0 Å². The van der Waals surface area contributed by atoms with Gasteiger partial charge in [-0.25, -0.2) is 0 Å². The third-order valence-corrected chi connectivity index (χ3v) is 6.94. The Labute approximate surface area is 162 Å². The highest BCUT2D eigenvalue weighted by Crippen LogP contribution is 2.49. The fourth-order valence-corrected chi connectivity index (χ4v) is 5.65. The predicted molar refractivity (Wildman–Crippen MR) is 120 cm³/mol. The summed E-state index contributed by atoms with van der Waals surface area (Å²) in [6.45, 7) is 0. The average molecular weight is 364 g/mol. The fourth-order valence-electron chi connectivity index (χ4n) is 3.17. The summed E-state index contributed by atoms with van der Waals surface area (Å²) in [4.78, 5) is 0. The van der Waals surface area contributed by atoms with Crippen LogP contribution in [0.3, 0.4) is 0 Å².